The Morgan fingerprint density at radius 3 is 2.18 bits per heavy atom. The van der Waals surface area contributed by atoms with Gasteiger partial charge in [-0.15, -0.1) is 0 Å². The molecule has 0 aliphatic rings. The molecule has 0 aromatic heterocycles. The van der Waals surface area contributed by atoms with Gasteiger partial charge in [0.25, 0.3) is 0 Å². The Kier molecular flexibility index (Phi) is 3.91. The zero-order chi connectivity index (χ0) is 13.1. The molecule has 0 heterocycles. The van der Waals surface area contributed by atoms with Gasteiger partial charge in [0, 0.05) is 0 Å². The molecule has 0 saturated carbocycles. The van der Waals surface area contributed by atoms with E-state index in [2.05, 4.69) is 0 Å². The second-order valence-electron chi connectivity index (χ2n) is 5.16. The Labute approximate surface area is 102 Å². The highest BCUT2D eigenvalue weighted by Crippen LogP contribution is 2.35. The molecule has 0 saturated heterocycles. The summed E-state index contributed by atoms with van der Waals surface area (Å²) in [7, 11) is 0. The lowest BCUT2D eigenvalue weighted by atomic mass is 9.79. The number of carbonyl (C=O) groups is 1. The van der Waals surface area contributed by atoms with Crippen molar-refractivity contribution < 1.29 is 13.9 Å². The first-order valence-electron chi connectivity index (χ1n) is 5.65. The Morgan fingerprint density at radius 2 is 1.71 bits per heavy atom. The Morgan fingerprint density at radius 1 is 1.18 bits per heavy atom. The summed E-state index contributed by atoms with van der Waals surface area (Å²) in [6, 6.07) is 9.35. The van der Waals surface area contributed by atoms with Crippen molar-refractivity contribution in [2.75, 3.05) is 0 Å². The molecule has 0 atom stereocenters. The van der Waals surface area contributed by atoms with Crippen LogP contribution >= 0.6 is 0 Å². The van der Waals surface area contributed by atoms with Crippen LogP contribution in [0.2, 0.25) is 0 Å². The van der Waals surface area contributed by atoms with Gasteiger partial charge in [-0.2, -0.15) is 0 Å². The molecule has 0 aliphatic carbocycles. The molecule has 0 N–H and O–H groups in total. The van der Waals surface area contributed by atoms with Gasteiger partial charge >= 0.3 is 5.97 Å². The van der Waals surface area contributed by atoms with E-state index in [0.29, 0.717) is 0 Å². The molecule has 0 amide bonds. The lowest BCUT2D eigenvalue weighted by molar-refractivity contribution is -0.163. The Balaban J connectivity index is 2.62. The van der Waals surface area contributed by atoms with E-state index in [9.17, 15) is 9.18 Å². The van der Waals surface area contributed by atoms with E-state index in [1.165, 1.54) is 13.8 Å². The standard InChI is InChI=1S/C14H19FO2/c1-13(2,14(3,4)15)12(16)17-10-11-8-6-5-7-9-11/h5-9H,10H2,1-4H3. The van der Waals surface area contributed by atoms with Crippen LogP contribution in [0.3, 0.4) is 0 Å². The molecule has 0 aliphatic heterocycles. The number of benzene rings is 1. The second kappa shape index (κ2) is 4.86. The monoisotopic (exact) mass is 238 g/mol. The van der Waals surface area contributed by atoms with Crippen LogP contribution in [0.5, 0.6) is 0 Å². The Hall–Kier alpha value is -1.38. The van der Waals surface area contributed by atoms with Crippen molar-refractivity contribution in [2.45, 2.75) is 40.0 Å². The minimum atomic E-state index is -1.61. The largest absolute Gasteiger partial charge is 0.460 e. The van der Waals surface area contributed by atoms with Gasteiger partial charge in [0.1, 0.15) is 12.3 Å². The highest BCUT2D eigenvalue weighted by atomic mass is 19.1. The summed E-state index contributed by atoms with van der Waals surface area (Å²) in [5.74, 6) is -0.520. The summed E-state index contributed by atoms with van der Waals surface area (Å²) in [4.78, 5) is 11.8. The highest BCUT2D eigenvalue weighted by Gasteiger charge is 2.45. The molecule has 17 heavy (non-hydrogen) atoms. The molecule has 1 aromatic rings. The van der Waals surface area contributed by atoms with Gasteiger partial charge in [-0.05, 0) is 33.3 Å². The third kappa shape index (κ3) is 3.29. The maximum absolute atomic E-state index is 13.8. The number of hydrogen-bond donors (Lipinski definition) is 0. The fraction of sp³-hybridized carbons (Fsp3) is 0.500. The van der Waals surface area contributed by atoms with Gasteiger partial charge in [-0.1, -0.05) is 30.3 Å². The van der Waals surface area contributed by atoms with Gasteiger partial charge < -0.3 is 4.74 Å². The first-order chi connectivity index (χ1) is 7.75. The van der Waals surface area contributed by atoms with E-state index in [4.69, 9.17) is 4.74 Å². The van der Waals surface area contributed by atoms with Gasteiger partial charge in [0.2, 0.25) is 0 Å². The van der Waals surface area contributed by atoms with Crippen molar-refractivity contribution in [1.82, 2.24) is 0 Å². The van der Waals surface area contributed by atoms with Gasteiger partial charge in [-0.3, -0.25) is 4.79 Å². The van der Waals surface area contributed by atoms with E-state index in [-0.39, 0.29) is 6.61 Å². The number of alkyl halides is 1. The van der Waals surface area contributed by atoms with E-state index in [1.807, 2.05) is 30.3 Å². The van der Waals surface area contributed by atoms with Crippen molar-refractivity contribution in [2.24, 2.45) is 5.41 Å². The number of halogens is 1. The van der Waals surface area contributed by atoms with E-state index in [1.54, 1.807) is 13.8 Å². The predicted molar refractivity (Wildman–Crippen MR) is 65.2 cm³/mol. The van der Waals surface area contributed by atoms with E-state index >= 15 is 0 Å². The summed E-state index contributed by atoms with van der Waals surface area (Å²) >= 11 is 0. The van der Waals surface area contributed by atoms with Gasteiger partial charge in [0.15, 0.2) is 0 Å². The molecule has 0 unspecified atom stereocenters. The lowest BCUT2D eigenvalue weighted by Gasteiger charge is -2.32. The van der Waals surface area contributed by atoms with Crippen molar-refractivity contribution in [3.05, 3.63) is 35.9 Å². The van der Waals surface area contributed by atoms with Gasteiger partial charge in [-0.25, -0.2) is 4.39 Å². The zero-order valence-electron chi connectivity index (χ0n) is 10.8. The van der Waals surface area contributed by atoms with Crippen molar-refractivity contribution in [1.29, 1.82) is 0 Å². The van der Waals surface area contributed by atoms with Crippen LogP contribution in [-0.2, 0) is 16.1 Å². The number of hydrogen-bond acceptors (Lipinski definition) is 2. The van der Waals surface area contributed by atoms with Crippen LogP contribution in [0, 0.1) is 5.41 Å². The molecule has 94 valence electrons. The van der Waals surface area contributed by atoms with Crippen LogP contribution in [0.1, 0.15) is 33.3 Å². The van der Waals surface area contributed by atoms with Gasteiger partial charge in [0.05, 0.1) is 5.41 Å². The maximum atomic E-state index is 13.8. The fourth-order valence-electron chi connectivity index (χ4n) is 1.15. The minimum Gasteiger partial charge on any atom is -0.460 e. The molecule has 1 aromatic carbocycles. The van der Waals surface area contributed by atoms with Crippen LogP contribution in [0.15, 0.2) is 30.3 Å². The zero-order valence-corrected chi connectivity index (χ0v) is 10.8. The molecule has 0 fully saturated rings. The average molecular weight is 238 g/mol. The molecule has 0 radical (unpaired) electrons. The first-order valence-corrected chi connectivity index (χ1v) is 5.65. The number of esters is 1. The maximum Gasteiger partial charge on any atom is 0.315 e. The smallest absolute Gasteiger partial charge is 0.315 e. The molecule has 0 spiro atoms. The minimum absolute atomic E-state index is 0.180. The van der Waals surface area contributed by atoms with Crippen LogP contribution in [-0.4, -0.2) is 11.6 Å². The summed E-state index contributed by atoms with van der Waals surface area (Å²) < 4.78 is 19.0. The summed E-state index contributed by atoms with van der Waals surface area (Å²) in [6.45, 7) is 6.06. The van der Waals surface area contributed by atoms with Crippen molar-refractivity contribution in [3.8, 4) is 0 Å². The molecular formula is C14H19FO2. The second-order valence-corrected chi connectivity index (χ2v) is 5.16. The SMILES string of the molecule is CC(C)(F)C(C)(C)C(=O)OCc1ccccc1. The summed E-state index contributed by atoms with van der Waals surface area (Å²) in [5.41, 5.74) is -1.86. The third-order valence-corrected chi connectivity index (χ3v) is 3.21. The normalized spacial score (nSPS) is 12.3. The van der Waals surface area contributed by atoms with Crippen LogP contribution in [0.4, 0.5) is 4.39 Å². The summed E-state index contributed by atoms with van der Waals surface area (Å²) in [6.07, 6.45) is 0. The molecule has 0 bridgehead atoms. The van der Waals surface area contributed by atoms with E-state index < -0.39 is 17.1 Å². The number of rotatable bonds is 4. The Bertz CT molecular complexity index is 377. The molecule has 2 nitrogen and oxygen atoms in total. The molecule has 1 rings (SSSR count). The topological polar surface area (TPSA) is 26.3 Å². The van der Waals surface area contributed by atoms with E-state index in [0.717, 1.165) is 5.56 Å². The predicted octanol–water partition coefficient (Wildman–Crippen LogP) is 3.50. The lowest BCUT2D eigenvalue weighted by Crippen LogP contribution is -2.42. The van der Waals surface area contributed by atoms with Crippen LogP contribution < -0.4 is 0 Å². The average Bonchev–Trinajstić information content (AvgIpc) is 2.25. The van der Waals surface area contributed by atoms with Crippen LogP contribution in [0.25, 0.3) is 0 Å². The quantitative estimate of drug-likeness (QED) is 0.750. The molecule has 3 heteroatoms. The number of carbonyl (C=O) groups excluding carboxylic acids is 1. The first kappa shape index (κ1) is 13.7. The van der Waals surface area contributed by atoms with Crippen molar-refractivity contribution in [3.63, 3.8) is 0 Å². The van der Waals surface area contributed by atoms with Crippen molar-refractivity contribution >= 4 is 5.97 Å². The highest BCUT2D eigenvalue weighted by molar-refractivity contribution is 5.77. The molecular weight excluding hydrogens is 219 g/mol. The third-order valence-electron chi connectivity index (χ3n) is 3.21. The summed E-state index contributed by atoms with van der Waals surface area (Å²) in [5, 5.41) is 0. The number of ether oxygens (including phenoxy) is 1. The fourth-order valence-corrected chi connectivity index (χ4v) is 1.15.